The molecule has 1 saturated heterocycles. The van der Waals surface area contributed by atoms with E-state index in [0.717, 1.165) is 55.8 Å². The van der Waals surface area contributed by atoms with Crippen molar-refractivity contribution in [3.63, 3.8) is 0 Å². The molecule has 2 aliphatic heterocycles. The molecule has 3 aromatic rings. The Morgan fingerprint density at radius 2 is 1.92 bits per heavy atom. The Bertz CT molecular complexity index is 1390. The van der Waals surface area contributed by atoms with E-state index in [4.69, 9.17) is 18.6 Å². The molecule has 6 aliphatic rings. The molecule has 4 bridgehead atoms. The van der Waals surface area contributed by atoms with E-state index in [-0.39, 0.29) is 22.9 Å². The van der Waals surface area contributed by atoms with Crippen LogP contribution in [0.15, 0.2) is 46.9 Å². The SMILES string of the molecule is COc1ccc2c3c1O[C@H]1[C@]4(OC)CC[C@@]5(C[C@@H]4c4nnc(Nc6ccccc6)o4)C(C2)N(C)CC[C@]315. The smallest absolute Gasteiger partial charge is 0.320 e. The molecular weight excluding hydrogens is 468 g/mol. The lowest BCUT2D eigenvalue weighted by Crippen LogP contribution is -2.80. The van der Waals surface area contributed by atoms with E-state index in [1.165, 1.54) is 11.1 Å². The van der Waals surface area contributed by atoms with Crippen LogP contribution in [0.25, 0.3) is 0 Å². The number of aromatic nitrogens is 2. The first-order chi connectivity index (χ1) is 18.1. The van der Waals surface area contributed by atoms with Gasteiger partial charge in [-0.25, -0.2) is 0 Å². The van der Waals surface area contributed by atoms with Gasteiger partial charge in [-0.05, 0) is 69.5 Å². The third-order valence-electron chi connectivity index (χ3n) is 10.6. The van der Waals surface area contributed by atoms with Crippen molar-refractivity contribution in [1.29, 1.82) is 0 Å². The molecule has 2 spiro atoms. The monoisotopic (exact) mass is 500 g/mol. The lowest BCUT2D eigenvalue weighted by molar-refractivity contribution is -0.262. The second-order valence-corrected chi connectivity index (χ2v) is 11.6. The Kier molecular flexibility index (Phi) is 4.31. The van der Waals surface area contributed by atoms with Crippen LogP contribution in [-0.2, 0) is 16.6 Å². The summed E-state index contributed by atoms with van der Waals surface area (Å²) in [6.45, 7) is 1.05. The third kappa shape index (κ3) is 2.46. The molecule has 37 heavy (non-hydrogen) atoms. The number of ether oxygens (including phenoxy) is 3. The van der Waals surface area contributed by atoms with Crippen LogP contribution >= 0.6 is 0 Å². The van der Waals surface area contributed by atoms with E-state index in [1.807, 2.05) is 37.4 Å². The van der Waals surface area contributed by atoms with Gasteiger partial charge in [-0.15, -0.1) is 5.10 Å². The summed E-state index contributed by atoms with van der Waals surface area (Å²) in [5.41, 5.74) is 3.09. The Balaban J connectivity index is 1.28. The summed E-state index contributed by atoms with van der Waals surface area (Å²) in [5, 5.41) is 12.2. The number of hydrogen-bond donors (Lipinski definition) is 1. The van der Waals surface area contributed by atoms with Gasteiger partial charge in [-0.1, -0.05) is 29.4 Å². The number of anilines is 2. The molecule has 2 aromatic carbocycles. The number of likely N-dealkylation sites (tertiary alicyclic amines) is 1. The maximum absolute atomic E-state index is 7.04. The Morgan fingerprint density at radius 1 is 1.05 bits per heavy atom. The van der Waals surface area contributed by atoms with Crippen molar-refractivity contribution >= 4 is 11.7 Å². The average molecular weight is 501 g/mol. The zero-order valence-corrected chi connectivity index (χ0v) is 21.5. The maximum atomic E-state index is 7.04. The van der Waals surface area contributed by atoms with Gasteiger partial charge >= 0.3 is 6.01 Å². The minimum absolute atomic E-state index is 0.0434. The van der Waals surface area contributed by atoms with Gasteiger partial charge in [0.05, 0.1) is 13.0 Å². The summed E-state index contributed by atoms with van der Waals surface area (Å²) >= 11 is 0. The van der Waals surface area contributed by atoms with Gasteiger partial charge in [-0.2, -0.15) is 0 Å². The van der Waals surface area contributed by atoms with Crippen molar-refractivity contribution in [2.24, 2.45) is 5.41 Å². The second kappa shape index (κ2) is 7.26. The van der Waals surface area contributed by atoms with E-state index in [9.17, 15) is 0 Å². The Morgan fingerprint density at radius 3 is 2.73 bits per heavy atom. The van der Waals surface area contributed by atoms with Gasteiger partial charge in [-0.3, -0.25) is 0 Å². The van der Waals surface area contributed by atoms with Crippen molar-refractivity contribution < 1.29 is 18.6 Å². The molecule has 4 aliphatic carbocycles. The van der Waals surface area contributed by atoms with Crippen LogP contribution in [0.4, 0.5) is 11.7 Å². The van der Waals surface area contributed by atoms with Crippen molar-refractivity contribution in [2.45, 2.75) is 61.2 Å². The summed E-state index contributed by atoms with van der Waals surface area (Å²) < 4.78 is 25.8. The molecule has 9 rings (SSSR count). The molecule has 1 N–H and O–H groups in total. The van der Waals surface area contributed by atoms with E-state index in [2.05, 4.69) is 39.6 Å². The van der Waals surface area contributed by atoms with Gasteiger partial charge in [0.1, 0.15) is 11.7 Å². The summed E-state index contributed by atoms with van der Waals surface area (Å²) in [6.07, 6.45) is 4.90. The number of nitrogens with one attached hydrogen (secondary N) is 1. The molecule has 8 heteroatoms. The minimum Gasteiger partial charge on any atom is -0.493 e. The van der Waals surface area contributed by atoms with Crippen LogP contribution in [0, 0.1) is 5.41 Å². The standard InChI is InChI=1S/C29H32N4O4/c1-33-14-13-28-22-17-9-10-20(34-2)23(22)36-25(28)29(35-3)12-11-27(28,21(33)15-17)16-19(29)24-31-32-26(37-24)30-18-7-5-4-6-8-18/h4-10,19,21,25H,11-16H2,1-3H3,(H,30,32)/t19-,21?,25-,27-,28+,29+/m1/s1. The number of rotatable bonds is 5. The predicted octanol–water partition coefficient (Wildman–Crippen LogP) is 4.43. The zero-order chi connectivity index (χ0) is 25.0. The van der Waals surface area contributed by atoms with E-state index in [1.54, 1.807) is 7.11 Å². The number of fused-ring (bicyclic) bond motifs is 2. The molecular formula is C29H32N4O4. The predicted molar refractivity (Wildman–Crippen MR) is 137 cm³/mol. The van der Waals surface area contributed by atoms with E-state index < -0.39 is 5.60 Å². The zero-order valence-electron chi connectivity index (χ0n) is 21.5. The fourth-order valence-corrected chi connectivity index (χ4v) is 9.18. The number of hydrogen-bond acceptors (Lipinski definition) is 8. The summed E-state index contributed by atoms with van der Waals surface area (Å²) in [6, 6.07) is 15.1. The second-order valence-electron chi connectivity index (χ2n) is 11.6. The topological polar surface area (TPSA) is 81.9 Å². The summed E-state index contributed by atoms with van der Waals surface area (Å²) in [4.78, 5) is 2.59. The molecule has 3 heterocycles. The molecule has 1 unspecified atom stereocenters. The van der Waals surface area contributed by atoms with Crippen LogP contribution in [0.5, 0.6) is 11.5 Å². The minimum atomic E-state index is -0.558. The van der Waals surface area contributed by atoms with Gasteiger partial charge < -0.3 is 28.8 Å². The van der Waals surface area contributed by atoms with Crippen LogP contribution < -0.4 is 14.8 Å². The fraction of sp³-hybridized carbons (Fsp3) is 0.517. The van der Waals surface area contributed by atoms with Crippen molar-refractivity contribution in [3.05, 3.63) is 59.5 Å². The third-order valence-corrected chi connectivity index (χ3v) is 10.6. The lowest BCUT2D eigenvalue weighted by atomic mass is 9.35. The van der Waals surface area contributed by atoms with Gasteiger partial charge in [0, 0.05) is 35.2 Å². The summed E-state index contributed by atoms with van der Waals surface area (Å²) in [7, 11) is 5.87. The van der Waals surface area contributed by atoms with Crippen molar-refractivity contribution in [3.8, 4) is 11.5 Å². The van der Waals surface area contributed by atoms with Gasteiger partial charge in [0.2, 0.25) is 5.89 Å². The van der Waals surface area contributed by atoms with E-state index >= 15 is 0 Å². The average Bonchev–Trinajstić information content (AvgIpc) is 3.54. The number of benzene rings is 2. The number of piperidine rings is 1. The van der Waals surface area contributed by atoms with Crippen LogP contribution in [0.2, 0.25) is 0 Å². The molecule has 3 saturated carbocycles. The highest BCUT2D eigenvalue weighted by Crippen LogP contribution is 2.77. The maximum Gasteiger partial charge on any atom is 0.320 e. The first-order valence-corrected chi connectivity index (χ1v) is 13.3. The molecule has 6 atom stereocenters. The largest absolute Gasteiger partial charge is 0.493 e. The first-order valence-electron chi connectivity index (χ1n) is 13.3. The highest BCUT2D eigenvalue weighted by atomic mass is 16.6. The normalized spacial score (nSPS) is 36.7. The number of nitrogens with zero attached hydrogens (tertiary/aromatic N) is 3. The fourth-order valence-electron chi connectivity index (χ4n) is 9.18. The number of para-hydroxylation sites is 1. The molecule has 8 nitrogen and oxygen atoms in total. The highest BCUT2D eigenvalue weighted by Gasteiger charge is 2.81. The Labute approximate surface area is 216 Å². The molecule has 0 radical (unpaired) electrons. The quantitative estimate of drug-likeness (QED) is 0.551. The van der Waals surface area contributed by atoms with Crippen LogP contribution in [0.3, 0.4) is 0 Å². The first kappa shape index (κ1) is 21.9. The molecule has 4 fully saturated rings. The van der Waals surface area contributed by atoms with E-state index in [0.29, 0.717) is 17.9 Å². The molecule has 192 valence electrons. The number of methoxy groups -OCH3 is 2. The van der Waals surface area contributed by atoms with Crippen molar-refractivity contribution in [2.75, 3.05) is 33.1 Å². The highest BCUT2D eigenvalue weighted by molar-refractivity contribution is 5.64. The molecule has 0 amide bonds. The molecule has 1 aromatic heterocycles. The van der Waals surface area contributed by atoms with Gasteiger partial charge in [0.25, 0.3) is 0 Å². The lowest BCUT2D eigenvalue weighted by Gasteiger charge is -2.73. The van der Waals surface area contributed by atoms with Crippen LogP contribution in [-0.4, -0.2) is 60.7 Å². The van der Waals surface area contributed by atoms with Crippen LogP contribution in [0.1, 0.15) is 48.6 Å². The Hall–Kier alpha value is -3.10. The summed E-state index contributed by atoms with van der Waals surface area (Å²) in [5.74, 6) is 2.33. The van der Waals surface area contributed by atoms with Gasteiger partial charge in [0.15, 0.2) is 11.5 Å². The van der Waals surface area contributed by atoms with Crippen molar-refractivity contribution in [1.82, 2.24) is 15.1 Å². The number of likely N-dealkylation sites (N-methyl/N-ethyl adjacent to an activating group) is 1.